The number of nitro groups is 1. The van der Waals surface area contributed by atoms with Crippen molar-refractivity contribution in [3.8, 4) is 0 Å². The number of hydrogen-bond acceptors (Lipinski definition) is 6. The number of fused-ring (bicyclic) bond motifs is 2. The van der Waals surface area contributed by atoms with E-state index < -0.39 is 42.4 Å². The highest BCUT2D eigenvalue weighted by molar-refractivity contribution is 6.72. The Morgan fingerprint density at radius 2 is 1.87 bits per heavy atom. The summed E-state index contributed by atoms with van der Waals surface area (Å²) in [4.78, 5) is 42.7. The van der Waals surface area contributed by atoms with Gasteiger partial charge in [-0.1, -0.05) is 60.6 Å². The van der Waals surface area contributed by atoms with Gasteiger partial charge in [-0.3, -0.25) is 19.7 Å². The number of hydrogen-bond donors (Lipinski definition) is 1. The first-order valence-electron chi connectivity index (χ1n) is 15.9. The third kappa shape index (κ3) is 7.32. The van der Waals surface area contributed by atoms with Crippen LogP contribution in [0.25, 0.3) is 0 Å². The van der Waals surface area contributed by atoms with Gasteiger partial charge in [-0.25, -0.2) is 0 Å². The normalized spacial score (nSPS) is 22.7. The first kappa shape index (κ1) is 35.2. The first-order valence-corrected chi connectivity index (χ1v) is 18.8. The van der Waals surface area contributed by atoms with Crippen molar-refractivity contribution in [3.63, 3.8) is 0 Å². The highest BCUT2D eigenvalue weighted by Gasteiger charge is 2.67. The maximum Gasteiger partial charge on any atom is 0.269 e. The van der Waals surface area contributed by atoms with Crippen LogP contribution in [0.15, 0.2) is 71.8 Å². The number of non-ortho nitro benzene ring substituents is 1. The smallest absolute Gasteiger partial charge is 0.269 e. The van der Waals surface area contributed by atoms with Crippen molar-refractivity contribution in [2.24, 2.45) is 5.92 Å². The van der Waals surface area contributed by atoms with Crippen LogP contribution in [-0.4, -0.2) is 61.0 Å². The highest BCUT2D eigenvalue weighted by atomic mass is 28.4. The van der Waals surface area contributed by atoms with Crippen LogP contribution in [0.3, 0.4) is 0 Å². The summed E-state index contributed by atoms with van der Waals surface area (Å²) < 4.78 is 22.9. The van der Waals surface area contributed by atoms with Crippen molar-refractivity contribution >= 4 is 31.6 Å². The number of nitrogens with zero attached hydrogens (tertiary/aromatic N) is 3. The van der Waals surface area contributed by atoms with Crippen molar-refractivity contribution < 1.29 is 28.5 Å². The second-order valence-electron chi connectivity index (χ2n) is 13.2. The van der Waals surface area contributed by atoms with Crippen molar-refractivity contribution in [2.75, 3.05) is 24.6 Å². The Morgan fingerprint density at radius 3 is 2.48 bits per heavy atom. The Balaban J connectivity index is 1.71. The Kier molecular flexibility index (Phi) is 11.0. The van der Waals surface area contributed by atoms with E-state index in [1.165, 1.54) is 22.6 Å². The van der Waals surface area contributed by atoms with E-state index in [0.29, 0.717) is 11.3 Å². The molecule has 0 saturated carbocycles. The average molecular weight is 652 g/mol. The van der Waals surface area contributed by atoms with E-state index in [1.807, 2.05) is 57.2 Å². The summed E-state index contributed by atoms with van der Waals surface area (Å²) >= 11 is 0. The number of ether oxygens (including phenoxy) is 1. The second kappa shape index (κ2) is 14.4. The molecule has 2 aliphatic rings. The predicted octanol–water partition coefficient (Wildman–Crippen LogP) is 6.82. The molecule has 46 heavy (non-hydrogen) atoms. The standard InChI is InChI=1S/C35H46FN3O6Si/c1-24(2)11-10-12-25(3)17-18-38-30-16-15-28(39(43)44)21-29(30)35(34(38)42)26(4)33(46(5,6)36)31(45-35)22-32(41)37(19-20-40)23-27-13-8-7-9-14-27/h7-9,11,13-17,21,26,31,33,40H,10,12,18-20,22-23H2,1-6H3/b25-17+/t26-,31+,33-,35+/m1/s1. The highest BCUT2D eigenvalue weighted by Crippen LogP contribution is 2.60. The molecule has 11 heteroatoms. The van der Waals surface area contributed by atoms with E-state index in [9.17, 15) is 24.8 Å². The number of anilines is 1. The Labute approximate surface area is 272 Å². The zero-order valence-electron chi connectivity index (χ0n) is 27.7. The molecule has 2 amide bonds. The number of nitro benzene ring substituents is 1. The molecule has 1 saturated heterocycles. The minimum Gasteiger partial charge on any atom is -0.395 e. The van der Waals surface area contributed by atoms with Gasteiger partial charge in [-0.05, 0) is 58.3 Å². The molecule has 2 aromatic rings. The molecule has 0 radical (unpaired) electrons. The molecule has 2 heterocycles. The summed E-state index contributed by atoms with van der Waals surface area (Å²) in [5.41, 5.74) is 1.41. The van der Waals surface area contributed by atoms with Crippen LogP contribution in [0.2, 0.25) is 18.6 Å². The fraction of sp³-hybridized carbons (Fsp3) is 0.486. The van der Waals surface area contributed by atoms with E-state index in [0.717, 1.165) is 24.0 Å². The molecule has 9 nitrogen and oxygen atoms in total. The molecule has 0 bridgehead atoms. The molecule has 1 N–H and O–H groups in total. The molecular weight excluding hydrogens is 605 g/mol. The number of benzene rings is 2. The molecule has 1 fully saturated rings. The van der Waals surface area contributed by atoms with E-state index in [2.05, 4.69) is 6.08 Å². The predicted molar refractivity (Wildman–Crippen MR) is 179 cm³/mol. The lowest BCUT2D eigenvalue weighted by atomic mass is 9.82. The molecule has 2 aliphatic heterocycles. The van der Waals surface area contributed by atoms with Crippen LogP contribution < -0.4 is 4.90 Å². The van der Waals surface area contributed by atoms with E-state index >= 15 is 4.11 Å². The largest absolute Gasteiger partial charge is 0.395 e. The topological polar surface area (TPSA) is 113 Å². The maximum absolute atomic E-state index is 16.3. The minimum atomic E-state index is -3.57. The lowest BCUT2D eigenvalue weighted by molar-refractivity contribution is -0.385. The first-order chi connectivity index (χ1) is 21.7. The quantitative estimate of drug-likeness (QED) is 0.0836. The summed E-state index contributed by atoms with van der Waals surface area (Å²) in [5.74, 6) is -1.43. The van der Waals surface area contributed by atoms with Crippen LogP contribution in [0.1, 0.15) is 58.1 Å². The van der Waals surface area contributed by atoms with Gasteiger partial charge in [-0.15, -0.1) is 0 Å². The number of aliphatic hydroxyl groups is 1. The van der Waals surface area contributed by atoms with Crippen LogP contribution in [0.4, 0.5) is 15.5 Å². The van der Waals surface area contributed by atoms with Crippen molar-refractivity contribution in [3.05, 3.63) is 93.1 Å². The summed E-state index contributed by atoms with van der Waals surface area (Å²) in [6.45, 7) is 11.3. The lowest BCUT2D eigenvalue weighted by Gasteiger charge is -2.31. The Morgan fingerprint density at radius 1 is 1.17 bits per heavy atom. The van der Waals surface area contributed by atoms with Crippen LogP contribution in [-0.2, 0) is 26.5 Å². The molecular formula is C35H46FN3O6Si. The van der Waals surface area contributed by atoms with Crippen LogP contribution in [0, 0.1) is 16.0 Å². The molecule has 4 rings (SSSR count). The number of allylic oxidation sites excluding steroid dienone is 3. The van der Waals surface area contributed by atoms with Gasteiger partial charge < -0.3 is 23.8 Å². The van der Waals surface area contributed by atoms with Crippen molar-refractivity contribution in [1.82, 2.24) is 4.90 Å². The van der Waals surface area contributed by atoms with Crippen LogP contribution in [0.5, 0.6) is 0 Å². The fourth-order valence-corrected chi connectivity index (χ4v) is 9.48. The molecule has 248 valence electrons. The minimum absolute atomic E-state index is 0.0866. The molecule has 2 aromatic carbocycles. The van der Waals surface area contributed by atoms with Gasteiger partial charge in [-0.2, -0.15) is 0 Å². The molecule has 4 atom stereocenters. The zero-order chi connectivity index (χ0) is 33.8. The average Bonchev–Trinajstić information content (AvgIpc) is 3.41. The summed E-state index contributed by atoms with van der Waals surface area (Å²) in [7, 11) is -3.57. The van der Waals surface area contributed by atoms with E-state index in [4.69, 9.17) is 4.74 Å². The summed E-state index contributed by atoms with van der Waals surface area (Å²) in [5, 5.41) is 21.6. The number of halogens is 1. The van der Waals surface area contributed by atoms with E-state index in [-0.39, 0.29) is 44.3 Å². The third-order valence-electron chi connectivity index (χ3n) is 9.18. The monoisotopic (exact) mass is 651 g/mol. The molecule has 0 aliphatic carbocycles. The number of carbonyl (C=O) groups is 2. The number of amides is 2. The SMILES string of the molecule is CC(C)=CCC/C(C)=C/CN1C(=O)[C@@]2(O[C@@H](CC(=O)N(CCO)Cc3ccccc3)[C@H]([Si](C)(C)F)[C@H]2C)c2cc([N+](=O)[O-])ccc21. The third-order valence-corrected chi connectivity index (χ3v) is 11.6. The van der Waals surface area contributed by atoms with Gasteiger partial charge in [0.1, 0.15) is 0 Å². The fourth-order valence-electron chi connectivity index (χ4n) is 6.99. The summed E-state index contributed by atoms with van der Waals surface area (Å²) in [6, 6.07) is 13.7. The number of aliphatic hydroxyl groups excluding tert-OH is 1. The van der Waals surface area contributed by atoms with Gasteiger partial charge >= 0.3 is 0 Å². The Bertz CT molecular complexity index is 1500. The van der Waals surface area contributed by atoms with Crippen molar-refractivity contribution in [1.29, 1.82) is 0 Å². The van der Waals surface area contributed by atoms with Gasteiger partial charge in [0.15, 0.2) is 5.60 Å². The van der Waals surface area contributed by atoms with Crippen LogP contribution >= 0.6 is 0 Å². The molecule has 0 aromatic heterocycles. The van der Waals surface area contributed by atoms with Gasteiger partial charge in [0.2, 0.25) is 14.3 Å². The Hall–Kier alpha value is -3.67. The van der Waals surface area contributed by atoms with Crippen molar-refractivity contribution in [2.45, 2.75) is 83.8 Å². The second-order valence-corrected chi connectivity index (χ2v) is 17.0. The molecule has 0 unspecified atom stereocenters. The van der Waals surface area contributed by atoms with Gasteiger partial charge in [0, 0.05) is 48.8 Å². The number of rotatable bonds is 13. The maximum atomic E-state index is 16.3. The van der Waals surface area contributed by atoms with E-state index in [1.54, 1.807) is 31.0 Å². The molecule has 1 spiro atoms. The summed E-state index contributed by atoms with van der Waals surface area (Å²) in [6.07, 6.45) is 4.69. The lowest BCUT2D eigenvalue weighted by Crippen LogP contribution is -2.45. The zero-order valence-corrected chi connectivity index (χ0v) is 28.7. The number of carbonyl (C=O) groups excluding carboxylic acids is 2. The van der Waals surface area contributed by atoms with Gasteiger partial charge in [0.25, 0.3) is 11.6 Å². The van der Waals surface area contributed by atoms with Gasteiger partial charge in [0.05, 0.1) is 29.7 Å².